The number of imide groups is 1. The maximum absolute atomic E-state index is 12.2. The van der Waals surface area contributed by atoms with Gasteiger partial charge in [-0.3, -0.25) is 10.1 Å². The average molecular weight is 374 g/mol. The Morgan fingerprint density at radius 3 is 2.42 bits per heavy atom. The molecule has 3 amide bonds. The topological polar surface area (TPSA) is 102 Å². The third-order valence-corrected chi connectivity index (χ3v) is 5.64. The molecule has 8 heteroatoms. The molecule has 2 aromatic carbocycles. The minimum Gasteiger partial charge on any atom is -0.457 e. The number of benzene rings is 2. The van der Waals surface area contributed by atoms with Crippen LogP contribution in [-0.4, -0.2) is 37.9 Å². The maximum atomic E-state index is 12.2. The number of hydrogen-bond donors (Lipinski definition) is 2. The van der Waals surface area contributed by atoms with Crippen molar-refractivity contribution in [1.82, 2.24) is 10.6 Å². The Morgan fingerprint density at radius 2 is 1.73 bits per heavy atom. The molecule has 1 atom stereocenters. The first-order valence-corrected chi connectivity index (χ1v) is 9.89. The third-order valence-electron chi connectivity index (χ3n) is 3.87. The summed E-state index contributed by atoms with van der Waals surface area (Å²) in [5, 5.41) is 4.71. The Balaban J connectivity index is 1.59. The smallest absolute Gasteiger partial charge is 0.321 e. The van der Waals surface area contributed by atoms with Crippen LogP contribution in [-0.2, 0) is 9.84 Å². The first-order chi connectivity index (χ1) is 12.4. The summed E-state index contributed by atoms with van der Waals surface area (Å²) in [7, 11) is -3.10. The fourth-order valence-electron chi connectivity index (χ4n) is 2.63. The lowest BCUT2D eigenvalue weighted by Crippen LogP contribution is -2.45. The summed E-state index contributed by atoms with van der Waals surface area (Å²) in [6.07, 6.45) is 0.352. The average Bonchev–Trinajstić information content (AvgIpc) is 2.94. The molecule has 0 aliphatic carbocycles. The molecule has 7 nitrogen and oxygen atoms in total. The van der Waals surface area contributed by atoms with Gasteiger partial charge in [0, 0.05) is 11.6 Å². The SMILES string of the molecule is O=C(NC(=O)c1cccc(Oc2ccccc2)c1)N[C@@H]1CCS(=O)(=O)C1. The summed E-state index contributed by atoms with van der Waals surface area (Å²) in [4.78, 5) is 24.1. The zero-order chi connectivity index (χ0) is 18.6. The fraction of sp³-hybridized carbons (Fsp3) is 0.222. The zero-order valence-electron chi connectivity index (χ0n) is 13.8. The van der Waals surface area contributed by atoms with E-state index in [1.54, 1.807) is 30.3 Å². The van der Waals surface area contributed by atoms with Gasteiger partial charge < -0.3 is 10.1 Å². The Labute approximate surface area is 151 Å². The van der Waals surface area contributed by atoms with Gasteiger partial charge in [-0.15, -0.1) is 0 Å². The van der Waals surface area contributed by atoms with Crippen LogP contribution in [0, 0.1) is 0 Å². The van der Waals surface area contributed by atoms with Crippen molar-refractivity contribution >= 4 is 21.8 Å². The lowest BCUT2D eigenvalue weighted by Gasteiger charge is -2.12. The molecule has 1 fully saturated rings. The number of amides is 3. The second kappa shape index (κ2) is 7.57. The maximum Gasteiger partial charge on any atom is 0.321 e. The van der Waals surface area contributed by atoms with Crippen LogP contribution in [0.2, 0.25) is 0 Å². The Bertz CT molecular complexity index is 912. The molecule has 1 aliphatic rings. The molecule has 0 bridgehead atoms. The standard InChI is InChI=1S/C18H18N2O5S/c21-17(20-18(22)19-14-9-10-26(23,24)12-14)13-5-4-8-16(11-13)25-15-6-2-1-3-7-15/h1-8,11,14H,9-10,12H2,(H2,19,20,21,22)/t14-/m1/s1. The molecule has 1 heterocycles. The molecule has 26 heavy (non-hydrogen) atoms. The second-order valence-corrected chi connectivity index (χ2v) is 8.20. The highest BCUT2D eigenvalue weighted by atomic mass is 32.2. The molecule has 0 aromatic heterocycles. The number of urea groups is 1. The predicted octanol–water partition coefficient (Wildman–Crippen LogP) is 2.11. The van der Waals surface area contributed by atoms with Crippen molar-refractivity contribution in [3.05, 3.63) is 60.2 Å². The fourth-order valence-corrected chi connectivity index (χ4v) is 4.30. The number of rotatable bonds is 4. The van der Waals surface area contributed by atoms with Crippen LogP contribution in [0.5, 0.6) is 11.5 Å². The van der Waals surface area contributed by atoms with Crippen LogP contribution in [0.4, 0.5) is 4.79 Å². The first kappa shape index (κ1) is 17.9. The predicted molar refractivity (Wildman–Crippen MR) is 96.0 cm³/mol. The third kappa shape index (κ3) is 4.82. The normalized spacial score (nSPS) is 18.1. The summed E-state index contributed by atoms with van der Waals surface area (Å²) in [5.74, 6) is 0.443. The van der Waals surface area contributed by atoms with Crippen LogP contribution in [0.3, 0.4) is 0 Å². The minimum atomic E-state index is -3.10. The highest BCUT2D eigenvalue weighted by Crippen LogP contribution is 2.21. The first-order valence-electron chi connectivity index (χ1n) is 8.06. The van der Waals surface area contributed by atoms with E-state index < -0.39 is 27.8 Å². The van der Waals surface area contributed by atoms with Gasteiger partial charge in [-0.25, -0.2) is 13.2 Å². The molecule has 0 radical (unpaired) electrons. The van der Waals surface area contributed by atoms with Crippen molar-refractivity contribution in [2.24, 2.45) is 0 Å². The molecular weight excluding hydrogens is 356 g/mol. The van der Waals surface area contributed by atoms with Crippen LogP contribution >= 0.6 is 0 Å². The van der Waals surface area contributed by atoms with E-state index in [-0.39, 0.29) is 17.1 Å². The molecular formula is C18H18N2O5S. The number of sulfone groups is 1. The van der Waals surface area contributed by atoms with Gasteiger partial charge in [0.05, 0.1) is 11.5 Å². The quantitative estimate of drug-likeness (QED) is 0.853. The van der Waals surface area contributed by atoms with Gasteiger partial charge >= 0.3 is 6.03 Å². The molecule has 3 rings (SSSR count). The van der Waals surface area contributed by atoms with E-state index in [9.17, 15) is 18.0 Å². The van der Waals surface area contributed by atoms with Crippen molar-refractivity contribution in [3.63, 3.8) is 0 Å². The van der Waals surface area contributed by atoms with Gasteiger partial charge in [-0.1, -0.05) is 24.3 Å². The zero-order valence-corrected chi connectivity index (χ0v) is 14.7. The number of nitrogens with one attached hydrogen (secondary N) is 2. The van der Waals surface area contributed by atoms with Crippen LogP contribution in [0.1, 0.15) is 16.8 Å². The van der Waals surface area contributed by atoms with E-state index >= 15 is 0 Å². The molecule has 0 spiro atoms. The van der Waals surface area contributed by atoms with Gasteiger partial charge in [0.25, 0.3) is 5.91 Å². The monoisotopic (exact) mass is 374 g/mol. The minimum absolute atomic E-state index is 0.0464. The lowest BCUT2D eigenvalue weighted by molar-refractivity contribution is 0.0963. The van der Waals surface area contributed by atoms with Gasteiger partial charge in [0.15, 0.2) is 9.84 Å². The van der Waals surface area contributed by atoms with Crippen molar-refractivity contribution in [2.45, 2.75) is 12.5 Å². The van der Waals surface area contributed by atoms with Gasteiger partial charge in [-0.05, 0) is 36.8 Å². The van der Waals surface area contributed by atoms with Crippen LogP contribution in [0.15, 0.2) is 54.6 Å². The Kier molecular flexibility index (Phi) is 5.22. The summed E-state index contributed by atoms with van der Waals surface area (Å²) in [5.41, 5.74) is 0.257. The van der Waals surface area contributed by atoms with Gasteiger partial charge in [0.2, 0.25) is 0 Å². The molecule has 0 unspecified atom stereocenters. The number of carbonyl (C=O) groups excluding carboxylic acids is 2. The van der Waals surface area contributed by atoms with Crippen LogP contribution in [0.25, 0.3) is 0 Å². The van der Waals surface area contributed by atoms with E-state index in [1.165, 1.54) is 6.07 Å². The van der Waals surface area contributed by atoms with E-state index in [2.05, 4.69) is 10.6 Å². The van der Waals surface area contributed by atoms with E-state index in [1.807, 2.05) is 18.2 Å². The summed E-state index contributed by atoms with van der Waals surface area (Å²) in [6, 6.07) is 14.3. The Hall–Kier alpha value is -2.87. The molecule has 1 saturated heterocycles. The largest absolute Gasteiger partial charge is 0.457 e. The summed E-state index contributed by atoms with van der Waals surface area (Å²) < 4.78 is 28.5. The number of ether oxygens (including phenoxy) is 1. The molecule has 2 N–H and O–H groups in total. The number of hydrogen-bond acceptors (Lipinski definition) is 5. The van der Waals surface area contributed by atoms with E-state index in [0.29, 0.717) is 17.9 Å². The lowest BCUT2D eigenvalue weighted by atomic mass is 10.2. The second-order valence-electron chi connectivity index (χ2n) is 5.97. The van der Waals surface area contributed by atoms with Crippen molar-refractivity contribution < 1.29 is 22.7 Å². The van der Waals surface area contributed by atoms with Gasteiger partial charge in [-0.2, -0.15) is 0 Å². The van der Waals surface area contributed by atoms with Crippen molar-refractivity contribution in [1.29, 1.82) is 0 Å². The van der Waals surface area contributed by atoms with Crippen molar-refractivity contribution in [3.8, 4) is 11.5 Å². The van der Waals surface area contributed by atoms with Crippen molar-refractivity contribution in [2.75, 3.05) is 11.5 Å². The highest BCUT2D eigenvalue weighted by molar-refractivity contribution is 7.91. The molecule has 0 saturated carbocycles. The molecule has 2 aromatic rings. The van der Waals surface area contributed by atoms with Gasteiger partial charge in [0.1, 0.15) is 11.5 Å². The highest BCUT2D eigenvalue weighted by Gasteiger charge is 2.29. The Morgan fingerprint density at radius 1 is 1.00 bits per heavy atom. The number of carbonyl (C=O) groups is 2. The van der Waals surface area contributed by atoms with E-state index in [0.717, 1.165) is 0 Å². The van der Waals surface area contributed by atoms with Crippen LogP contribution < -0.4 is 15.4 Å². The number of para-hydroxylation sites is 1. The van der Waals surface area contributed by atoms with E-state index in [4.69, 9.17) is 4.74 Å². The summed E-state index contributed by atoms with van der Waals surface area (Å²) in [6.45, 7) is 0. The summed E-state index contributed by atoms with van der Waals surface area (Å²) >= 11 is 0. The molecule has 136 valence electrons. The molecule has 1 aliphatic heterocycles.